The summed E-state index contributed by atoms with van der Waals surface area (Å²) in [6.45, 7) is 4.73. The Balaban J connectivity index is 1.69. The van der Waals surface area contributed by atoms with E-state index in [2.05, 4.69) is 10.3 Å². The van der Waals surface area contributed by atoms with Crippen LogP contribution in [-0.4, -0.2) is 24.6 Å². The van der Waals surface area contributed by atoms with Crippen molar-refractivity contribution < 1.29 is 18.7 Å². The van der Waals surface area contributed by atoms with Crippen LogP contribution in [0.5, 0.6) is 11.5 Å². The first-order valence-corrected chi connectivity index (χ1v) is 10.8. The molecule has 2 aromatic heterocycles. The molecular weight excluding hydrogens is 416 g/mol. The van der Waals surface area contributed by atoms with E-state index < -0.39 is 0 Å². The van der Waals surface area contributed by atoms with E-state index in [9.17, 15) is 4.79 Å². The van der Waals surface area contributed by atoms with Gasteiger partial charge in [0.1, 0.15) is 17.1 Å². The number of rotatable bonds is 8. The van der Waals surface area contributed by atoms with Gasteiger partial charge in [-0.25, -0.2) is 0 Å². The summed E-state index contributed by atoms with van der Waals surface area (Å²) >= 11 is 0. The molecule has 4 rings (SSSR count). The SMILES string of the molecule is CCOc1cc2occ(-c3ccccc3OC)c2cc1/C(C)=C/C(=O)NCc1cccnc1. The number of carbonyl (C=O) groups excluding carboxylic acids is 1. The lowest BCUT2D eigenvalue weighted by molar-refractivity contribution is -0.116. The zero-order valence-corrected chi connectivity index (χ0v) is 18.9. The predicted molar refractivity (Wildman–Crippen MR) is 129 cm³/mol. The van der Waals surface area contributed by atoms with Crippen LogP contribution in [-0.2, 0) is 11.3 Å². The molecule has 6 nitrogen and oxygen atoms in total. The van der Waals surface area contributed by atoms with Crippen LogP contribution in [0.1, 0.15) is 25.0 Å². The number of nitrogens with one attached hydrogen (secondary N) is 1. The smallest absolute Gasteiger partial charge is 0.244 e. The first-order valence-electron chi connectivity index (χ1n) is 10.8. The quantitative estimate of drug-likeness (QED) is 0.359. The maximum atomic E-state index is 12.6. The number of allylic oxidation sites excluding steroid dienone is 1. The Morgan fingerprint density at radius 3 is 2.73 bits per heavy atom. The number of pyridine rings is 1. The highest BCUT2D eigenvalue weighted by molar-refractivity contribution is 6.01. The van der Waals surface area contributed by atoms with Crippen molar-refractivity contribution in [3.05, 3.63) is 84.4 Å². The first-order chi connectivity index (χ1) is 16.1. The van der Waals surface area contributed by atoms with Gasteiger partial charge < -0.3 is 19.2 Å². The van der Waals surface area contributed by atoms with Gasteiger partial charge in [-0.2, -0.15) is 0 Å². The van der Waals surface area contributed by atoms with E-state index in [-0.39, 0.29) is 5.91 Å². The van der Waals surface area contributed by atoms with Crippen LogP contribution in [0.15, 0.2) is 77.7 Å². The van der Waals surface area contributed by atoms with Crippen LogP contribution < -0.4 is 14.8 Å². The Kier molecular flexibility index (Phi) is 6.74. The zero-order chi connectivity index (χ0) is 23.2. The van der Waals surface area contributed by atoms with E-state index in [0.29, 0.717) is 24.5 Å². The standard InChI is InChI=1S/C27H26N2O4/c1-4-32-25-14-26-22(23(17-33-26)20-9-5-6-10-24(20)31-3)13-21(25)18(2)12-27(30)29-16-19-8-7-11-28-15-19/h5-15,17H,4,16H2,1-3H3,(H,29,30)/b18-12+. The molecule has 2 heterocycles. The number of furan rings is 1. The van der Waals surface area contributed by atoms with Gasteiger partial charge in [-0.1, -0.05) is 24.3 Å². The number of hydrogen-bond donors (Lipinski definition) is 1. The molecule has 0 bridgehead atoms. The molecular formula is C27H26N2O4. The van der Waals surface area contributed by atoms with Crippen LogP contribution in [0.2, 0.25) is 0 Å². The summed E-state index contributed by atoms with van der Waals surface area (Å²) in [4.78, 5) is 16.6. The van der Waals surface area contributed by atoms with Crippen LogP contribution in [0.3, 0.4) is 0 Å². The second-order valence-corrected chi connectivity index (χ2v) is 7.53. The number of methoxy groups -OCH3 is 1. The highest BCUT2D eigenvalue weighted by Crippen LogP contribution is 2.40. The fourth-order valence-corrected chi connectivity index (χ4v) is 3.73. The summed E-state index contributed by atoms with van der Waals surface area (Å²) in [5, 5.41) is 3.82. The molecule has 4 aromatic rings. The molecule has 0 fully saturated rings. The lowest BCUT2D eigenvalue weighted by Crippen LogP contribution is -2.20. The van der Waals surface area contributed by atoms with E-state index in [1.165, 1.54) is 0 Å². The number of amides is 1. The molecule has 0 saturated carbocycles. The molecule has 0 aliphatic rings. The van der Waals surface area contributed by atoms with Crippen LogP contribution in [0.4, 0.5) is 0 Å². The molecule has 0 atom stereocenters. The maximum Gasteiger partial charge on any atom is 0.244 e. The molecule has 0 saturated heterocycles. The van der Waals surface area contributed by atoms with Gasteiger partial charge in [0.15, 0.2) is 0 Å². The maximum absolute atomic E-state index is 12.6. The minimum atomic E-state index is -0.184. The number of para-hydroxylation sites is 1. The normalized spacial score (nSPS) is 11.4. The molecule has 0 aliphatic carbocycles. The number of aromatic nitrogens is 1. The predicted octanol–water partition coefficient (Wildman–Crippen LogP) is 5.62. The average Bonchev–Trinajstić information content (AvgIpc) is 3.25. The number of hydrogen-bond acceptors (Lipinski definition) is 5. The highest BCUT2D eigenvalue weighted by atomic mass is 16.5. The molecule has 0 aliphatic heterocycles. The van der Waals surface area contributed by atoms with Gasteiger partial charge in [0.05, 0.1) is 20.0 Å². The number of nitrogens with zero attached hydrogens (tertiary/aromatic N) is 1. The fraction of sp³-hybridized carbons (Fsp3) is 0.185. The van der Waals surface area contributed by atoms with Crippen molar-refractivity contribution in [2.75, 3.05) is 13.7 Å². The number of benzene rings is 2. The van der Waals surface area contributed by atoms with Crippen molar-refractivity contribution in [1.29, 1.82) is 0 Å². The topological polar surface area (TPSA) is 73.6 Å². The van der Waals surface area contributed by atoms with Gasteiger partial charge >= 0.3 is 0 Å². The molecule has 0 spiro atoms. The largest absolute Gasteiger partial charge is 0.496 e. The third kappa shape index (κ3) is 4.90. The second-order valence-electron chi connectivity index (χ2n) is 7.53. The molecule has 0 unspecified atom stereocenters. The van der Waals surface area contributed by atoms with Crippen molar-refractivity contribution in [3.8, 4) is 22.6 Å². The lowest BCUT2D eigenvalue weighted by atomic mass is 9.98. The van der Waals surface area contributed by atoms with E-state index >= 15 is 0 Å². The Morgan fingerprint density at radius 2 is 1.97 bits per heavy atom. The van der Waals surface area contributed by atoms with Crippen molar-refractivity contribution >= 4 is 22.4 Å². The monoisotopic (exact) mass is 442 g/mol. The van der Waals surface area contributed by atoms with Crippen LogP contribution >= 0.6 is 0 Å². The molecule has 0 radical (unpaired) electrons. The summed E-state index contributed by atoms with van der Waals surface area (Å²) < 4.78 is 17.3. The summed E-state index contributed by atoms with van der Waals surface area (Å²) in [6.07, 6.45) is 6.75. The van der Waals surface area contributed by atoms with E-state index in [0.717, 1.165) is 39.0 Å². The van der Waals surface area contributed by atoms with Gasteiger partial charge in [-0.15, -0.1) is 0 Å². The molecule has 1 amide bonds. The van der Waals surface area contributed by atoms with Gasteiger partial charge in [-0.05, 0) is 43.2 Å². The highest BCUT2D eigenvalue weighted by Gasteiger charge is 2.17. The lowest BCUT2D eigenvalue weighted by Gasteiger charge is -2.12. The first kappa shape index (κ1) is 22.1. The average molecular weight is 443 g/mol. The van der Waals surface area contributed by atoms with Crippen molar-refractivity contribution in [2.45, 2.75) is 20.4 Å². The fourth-order valence-electron chi connectivity index (χ4n) is 3.73. The van der Waals surface area contributed by atoms with Gasteiger partial charge in [0.25, 0.3) is 0 Å². The minimum absolute atomic E-state index is 0.184. The van der Waals surface area contributed by atoms with E-state index in [1.807, 2.05) is 62.4 Å². The summed E-state index contributed by atoms with van der Waals surface area (Å²) in [5.41, 5.74) is 5.12. The van der Waals surface area contributed by atoms with Gasteiger partial charge in [-0.3, -0.25) is 9.78 Å². The zero-order valence-electron chi connectivity index (χ0n) is 18.9. The van der Waals surface area contributed by atoms with E-state index in [4.69, 9.17) is 13.9 Å². The summed E-state index contributed by atoms with van der Waals surface area (Å²) in [7, 11) is 1.65. The summed E-state index contributed by atoms with van der Waals surface area (Å²) in [6, 6.07) is 15.4. The Bertz CT molecular complexity index is 1290. The molecule has 6 heteroatoms. The van der Waals surface area contributed by atoms with Crippen molar-refractivity contribution in [1.82, 2.24) is 10.3 Å². The van der Waals surface area contributed by atoms with Gasteiger partial charge in [0, 0.05) is 53.2 Å². The third-order valence-electron chi connectivity index (χ3n) is 5.33. The van der Waals surface area contributed by atoms with Crippen LogP contribution in [0, 0.1) is 0 Å². The van der Waals surface area contributed by atoms with Crippen molar-refractivity contribution in [2.24, 2.45) is 0 Å². The Morgan fingerprint density at radius 1 is 1.12 bits per heavy atom. The third-order valence-corrected chi connectivity index (χ3v) is 5.33. The molecule has 168 valence electrons. The number of fused-ring (bicyclic) bond motifs is 1. The second kappa shape index (κ2) is 10.0. The Hall–Kier alpha value is -4.06. The number of ether oxygens (including phenoxy) is 2. The van der Waals surface area contributed by atoms with Crippen molar-refractivity contribution in [3.63, 3.8) is 0 Å². The molecule has 1 N–H and O–H groups in total. The van der Waals surface area contributed by atoms with Gasteiger partial charge in [0.2, 0.25) is 5.91 Å². The van der Waals surface area contributed by atoms with Crippen LogP contribution in [0.25, 0.3) is 27.7 Å². The molecule has 2 aromatic carbocycles. The summed E-state index contributed by atoms with van der Waals surface area (Å²) in [5.74, 6) is 1.24. The minimum Gasteiger partial charge on any atom is -0.496 e. The molecule has 33 heavy (non-hydrogen) atoms. The van der Waals surface area contributed by atoms with E-state index in [1.54, 1.807) is 31.8 Å². The number of carbonyl (C=O) groups is 1. The Labute approximate surface area is 192 Å².